The summed E-state index contributed by atoms with van der Waals surface area (Å²) in [6.45, 7) is 1.14. The SMILES string of the molecule is O=C(NCc1ccc(F)cc1S(=O)(=O)N1CCOCC1)C1C(=O)C(=O)N2CCCOC=C2C12CCN(C(=O)OCc1ccccc1)CC2. The maximum absolute atomic E-state index is 14.3. The smallest absolute Gasteiger partial charge is 0.410 e. The van der Waals surface area contributed by atoms with Crippen molar-refractivity contribution in [2.75, 3.05) is 52.5 Å². The molecule has 0 radical (unpaired) electrons. The Labute approximate surface area is 277 Å². The molecule has 2 aromatic rings. The number of nitrogens with one attached hydrogen (secondary N) is 1. The third-order valence-electron chi connectivity index (χ3n) is 9.36. The fraction of sp³-hybridized carbons (Fsp3) is 0.455. The number of carbonyl (C=O) groups is 4. The van der Waals surface area contributed by atoms with Gasteiger partial charge in [0.2, 0.25) is 21.7 Å². The Bertz CT molecular complexity index is 1700. The molecule has 3 amide bonds. The summed E-state index contributed by atoms with van der Waals surface area (Å²) in [6.07, 6.45) is 1.69. The van der Waals surface area contributed by atoms with Crippen LogP contribution in [0.25, 0.3) is 0 Å². The summed E-state index contributed by atoms with van der Waals surface area (Å²) in [4.78, 5) is 56.8. The third-order valence-corrected chi connectivity index (χ3v) is 11.3. The molecule has 2 aromatic carbocycles. The first-order valence-electron chi connectivity index (χ1n) is 15.9. The highest BCUT2D eigenvalue weighted by atomic mass is 32.2. The van der Waals surface area contributed by atoms with Crippen LogP contribution in [-0.4, -0.2) is 98.8 Å². The number of ketones is 1. The van der Waals surface area contributed by atoms with E-state index in [9.17, 15) is 32.0 Å². The van der Waals surface area contributed by atoms with Crippen LogP contribution in [-0.2, 0) is 51.8 Å². The van der Waals surface area contributed by atoms with E-state index in [1.54, 1.807) is 0 Å². The van der Waals surface area contributed by atoms with Gasteiger partial charge in [-0.05, 0) is 42.5 Å². The Kier molecular flexibility index (Phi) is 9.80. The zero-order valence-corrected chi connectivity index (χ0v) is 27.1. The van der Waals surface area contributed by atoms with Gasteiger partial charge in [-0.1, -0.05) is 36.4 Å². The average molecular weight is 685 g/mol. The minimum atomic E-state index is -4.13. The molecule has 1 spiro atoms. The summed E-state index contributed by atoms with van der Waals surface area (Å²) < 4.78 is 58.9. The van der Waals surface area contributed by atoms with Gasteiger partial charge in [0.1, 0.15) is 24.6 Å². The number of halogens is 1. The van der Waals surface area contributed by atoms with Crippen LogP contribution in [0.3, 0.4) is 0 Å². The van der Waals surface area contributed by atoms with Crippen LogP contribution < -0.4 is 5.32 Å². The molecule has 3 fully saturated rings. The van der Waals surface area contributed by atoms with Crippen LogP contribution in [0.5, 0.6) is 0 Å². The van der Waals surface area contributed by atoms with Crippen molar-refractivity contribution >= 4 is 33.7 Å². The quantitative estimate of drug-likeness (QED) is 0.342. The van der Waals surface area contributed by atoms with Crippen molar-refractivity contribution in [1.82, 2.24) is 19.4 Å². The van der Waals surface area contributed by atoms with Gasteiger partial charge in [0.25, 0.3) is 5.91 Å². The molecule has 256 valence electrons. The van der Waals surface area contributed by atoms with Crippen molar-refractivity contribution in [3.05, 3.63) is 77.4 Å². The number of benzene rings is 2. The number of nitrogens with zero attached hydrogens (tertiary/aromatic N) is 3. The summed E-state index contributed by atoms with van der Waals surface area (Å²) in [5.41, 5.74) is 0.154. The minimum absolute atomic E-state index is 0.0821. The maximum atomic E-state index is 14.3. The van der Waals surface area contributed by atoms with Gasteiger partial charge in [-0.25, -0.2) is 17.6 Å². The van der Waals surface area contributed by atoms with Crippen LogP contribution in [0, 0.1) is 17.2 Å². The molecule has 15 heteroatoms. The predicted octanol–water partition coefficient (Wildman–Crippen LogP) is 2.17. The molecular weight excluding hydrogens is 647 g/mol. The number of carbonyl (C=O) groups excluding carboxylic acids is 4. The molecule has 1 unspecified atom stereocenters. The number of piperidine rings is 2. The van der Waals surface area contributed by atoms with Crippen molar-refractivity contribution in [3.8, 4) is 0 Å². The monoisotopic (exact) mass is 684 g/mol. The van der Waals surface area contributed by atoms with Crippen LogP contribution in [0.4, 0.5) is 9.18 Å². The molecule has 4 heterocycles. The molecule has 0 saturated carbocycles. The highest BCUT2D eigenvalue weighted by Crippen LogP contribution is 2.50. The zero-order chi connectivity index (χ0) is 33.9. The molecular formula is C33H37FN4O9S. The molecule has 1 atom stereocenters. The Hall–Kier alpha value is -4.34. The molecule has 13 nitrogen and oxygen atoms in total. The first-order chi connectivity index (χ1) is 23.1. The topological polar surface area (TPSA) is 152 Å². The van der Waals surface area contributed by atoms with E-state index in [0.29, 0.717) is 18.7 Å². The summed E-state index contributed by atoms with van der Waals surface area (Å²) >= 11 is 0. The summed E-state index contributed by atoms with van der Waals surface area (Å²) in [7, 11) is -4.13. The first kappa shape index (κ1) is 33.6. The molecule has 0 aromatic heterocycles. The van der Waals surface area contributed by atoms with Crippen molar-refractivity contribution in [2.45, 2.75) is 37.3 Å². The Balaban J connectivity index is 1.24. The second-order valence-electron chi connectivity index (χ2n) is 12.2. The van der Waals surface area contributed by atoms with Gasteiger partial charge in [-0.2, -0.15) is 4.31 Å². The summed E-state index contributed by atoms with van der Waals surface area (Å²) in [5.74, 6) is -4.75. The van der Waals surface area contributed by atoms with E-state index < -0.39 is 50.9 Å². The number of Topliss-reactive ketones (excluding diaryl/α,β-unsaturated/α-hetero) is 1. The van der Waals surface area contributed by atoms with Crippen molar-refractivity contribution in [1.29, 1.82) is 0 Å². The Morgan fingerprint density at radius 1 is 0.979 bits per heavy atom. The standard InChI is InChI=1S/C33H37FN4O9S/c34-25-8-7-24(26(19-25)48(43,44)37-14-17-45-18-15-37)20-35-30(40)28-29(39)31(41)38-11-4-16-46-22-27(38)33(28)9-12-36(13-10-33)32(42)47-21-23-5-2-1-3-6-23/h1-3,5-8,19,22,28H,4,9-18,20-21H2,(H,35,40). The van der Waals surface area contributed by atoms with Crippen molar-refractivity contribution in [2.24, 2.45) is 11.3 Å². The fourth-order valence-corrected chi connectivity index (χ4v) is 8.46. The lowest BCUT2D eigenvalue weighted by atomic mass is 9.62. The number of fused-ring (bicyclic) bond motifs is 2. The number of sulfonamides is 1. The minimum Gasteiger partial charge on any atom is -0.499 e. The number of allylic oxidation sites excluding steroid dienone is 1. The molecule has 1 N–H and O–H groups in total. The van der Waals surface area contributed by atoms with Crippen LogP contribution >= 0.6 is 0 Å². The lowest BCUT2D eigenvalue weighted by Gasteiger charge is -2.50. The molecule has 6 rings (SSSR count). The Morgan fingerprint density at radius 3 is 2.44 bits per heavy atom. The molecule has 4 aliphatic heterocycles. The van der Waals surface area contributed by atoms with E-state index in [2.05, 4.69) is 5.32 Å². The van der Waals surface area contributed by atoms with E-state index in [1.165, 1.54) is 26.4 Å². The molecule has 4 aliphatic rings. The highest BCUT2D eigenvalue weighted by Gasteiger charge is 2.59. The zero-order valence-electron chi connectivity index (χ0n) is 26.3. The number of hydrogen-bond acceptors (Lipinski definition) is 9. The number of likely N-dealkylation sites (tertiary alicyclic amines) is 1. The summed E-state index contributed by atoms with van der Waals surface area (Å²) in [6, 6.07) is 12.5. The van der Waals surface area contributed by atoms with Crippen LogP contribution in [0.2, 0.25) is 0 Å². The number of hydrogen-bond donors (Lipinski definition) is 1. The van der Waals surface area contributed by atoms with Gasteiger partial charge in [0.05, 0.1) is 30.4 Å². The van der Waals surface area contributed by atoms with E-state index in [0.717, 1.165) is 17.7 Å². The van der Waals surface area contributed by atoms with E-state index in [1.807, 2.05) is 30.3 Å². The first-order valence-corrected chi connectivity index (χ1v) is 17.3. The summed E-state index contributed by atoms with van der Waals surface area (Å²) in [5, 5.41) is 2.68. The van der Waals surface area contributed by atoms with Gasteiger partial charge < -0.3 is 29.3 Å². The largest absolute Gasteiger partial charge is 0.499 e. The van der Waals surface area contributed by atoms with Crippen molar-refractivity contribution in [3.63, 3.8) is 0 Å². The van der Waals surface area contributed by atoms with Gasteiger partial charge in [0, 0.05) is 44.7 Å². The van der Waals surface area contributed by atoms with E-state index >= 15 is 0 Å². The number of amides is 3. The normalized spacial score (nSPS) is 21.5. The van der Waals surface area contributed by atoms with Crippen LogP contribution in [0.15, 0.2) is 65.4 Å². The number of rotatable bonds is 7. The lowest BCUT2D eigenvalue weighted by molar-refractivity contribution is -0.158. The van der Waals surface area contributed by atoms with Gasteiger partial charge in [-0.15, -0.1) is 0 Å². The van der Waals surface area contributed by atoms with Crippen molar-refractivity contribution < 1.29 is 46.2 Å². The molecule has 48 heavy (non-hydrogen) atoms. The predicted molar refractivity (Wildman–Crippen MR) is 167 cm³/mol. The van der Waals surface area contributed by atoms with Gasteiger partial charge >= 0.3 is 6.09 Å². The number of ether oxygens (including phenoxy) is 3. The van der Waals surface area contributed by atoms with E-state index in [-0.39, 0.29) is 82.4 Å². The second kappa shape index (κ2) is 14.0. The average Bonchev–Trinajstić information content (AvgIpc) is 3.37. The molecule has 3 saturated heterocycles. The second-order valence-corrected chi connectivity index (χ2v) is 14.1. The van der Waals surface area contributed by atoms with Gasteiger partial charge in [-0.3, -0.25) is 14.4 Å². The number of morpholine rings is 1. The molecule has 0 bridgehead atoms. The maximum Gasteiger partial charge on any atom is 0.410 e. The van der Waals surface area contributed by atoms with Crippen LogP contribution in [0.1, 0.15) is 30.4 Å². The van der Waals surface area contributed by atoms with Gasteiger partial charge in [0.15, 0.2) is 0 Å². The molecule has 0 aliphatic carbocycles. The third kappa shape index (κ3) is 6.54. The fourth-order valence-electron chi connectivity index (χ4n) is 6.82. The Morgan fingerprint density at radius 2 is 1.71 bits per heavy atom. The lowest BCUT2D eigenvalue weighted by Crippen LogP contribution is -2.62. The highest BCUT2D eigenvalue weighted by molar-refractivity contribution is 7.89. The van der Waals surface area contributed by atoms with E-state index in [4.69, 9.17) is 14.2 Å².